The van der Waals surface area contributed by atoms with Gasteiger partial charge in [-0.2, -0.15) is 0 Å². The zero-order valence-electron chi connectivity index (χ0n) is 11.4. The van der Waals surface area contributed by atoms with E-state index in [0.717, 1.165) is 24.2 Å². The van der Waals surface area contributed by atoms with E-state index in [1.165, 1.54) is 12.8 Å². The number of rotatable bonds is 6. The van der Waals surface area contributed by atoms with Gasteiger partial charge in [-0.05, 0) is 25.8 Å². The van der Waals surface area contributed by atoms with Crippen LogP contribution < -0.4 is 15.8 Å². The van der Waals surface area contributed by atoms with Gasteiger partial charge >= 0.3 is 0 Å². The molecule has 1 aromatic carbocycles. The molecule has 0 radical (unpaired) electrons. The van der Waals surface area contributed by atoms with Crippen molar-refractivity contribution in [1.29, 1.82) is 0 Å². The van der Waals surface area contributed by atoms with Crippen LogP contribution in [-0.4, -0.2) is 18.6 Å². The third kappa shape index (κ3) is 3.47. The number of ether oxygens (including phenoxy) is 1. The molecule has 1 fully saturated rings. The molecule has 2 rings (SSSR count). The number of hydrogen-bond acceptors (Lipinski definition) is 3. The van der Waals surface area contributed by atoms with Gasteiger partial charge in [-0.15, -0.1) is 0 Å². The van der Waals surface area contributed by atoms with E-state index in [-0.39, 0.29) is 5.91 Å². The van der Waals surface area contributed by atoms with Crippen LogP contribution in [0.3, 0.4) is 0 Å². The normalized spacial score (nSPS) is 17.3. The van der Waals surface area contributed by atoms with Gasteiger partial charge in [-0.3, -0.25) is 10.1 Å². The Morgan fingerprint density at radius 2 is 2.11 bits per heavy atom. The van der Waals surface area contributed by atoms with Gasteiger partial charge in [0.2, 0.25) is 5.91 Å². The van der Waals surface area contributed by atoms with Crippen LogP contribution in [0.25, 0.3) is 0 Å². The fourth-order valence-corrected chi connectivity index (χ4v) is 2.66. The lowest BCUT2D eigenvalue weighted by atomic mass is 10.0. The monoisotopic (exact) mass is 262 g/mol. The highest BCUT2D eigenvalue weighted by Gasteiger charge is 2.26. The van der Waals surface area contributed by atoms with Crippen molar-refractivity contribution in [3.8, 4) is 5.75 Å². The Bertz CT molecular complexity index is 428. The molecule has 19 heavy (non-hydrogen) atoms. The van der Waals surface area contributed by atoms with Crippen molar-refractivity contribution in [1.82, 2.24) is 5.32 Å². The van der Waals surface area contributed by atoms with Crippen LogP contribution in [0, 0.1) is 0 Å². The van der Waals surface area contributed by atoms with Crippen molar-refractivity contribution in [3.63, 3.8) is 0 Å². The Morgan fingerprint density at radius 1 is 1.42 bits per heavy atom. The molecule has 0 heterocycles. The number of carbonyl (C=O) groups excluding carboxylic acids is 1. The predicted molar refractivity (Wildman–Crippen MR) is 74.9 cm³/mol. The van der Waals surface area contributed by atoms with Crippen molar-refractivity contribution < 1.29 is 9.53 Å². The number of benzene rings is 1. The molecule has 0 aromatic heterocycles. The minimum absolute atomic E-state index is 0.348. The third-order valence-corrected chi connectivity index (χ3v) is 3.57. The molecule has 4 nitrogen and oxygen atoms in total. The summed E-state index contributed by atoms with van der Waals surface area (Å²) in [6.45, 7) is 2.51. The maximum Gasteiger partial charge on any atom is 0.239 e. The largest absolute Gasteiger partial charge is 0.494 e. The summed E-state index contributed by atoms with van der Waals surface area (Å²) in [5, 5.41) is 3.38. The fraction of sp³-hybridized carbons (Fsp3) is 0.533. The first-order valence-electron chi connectivity index (χ1n) is 6.99. The Labute approximate surface area is 114 Å². The summed E-state index contributed by atoms with van der Waals surface area (Å²) in [6.07, 6.45) is 4.66. The highest BCUT2D eigenvalue weighted by Crippen LogP contribution is 2.28. The van der Waals surface area contributed by atoms with Crippen LogP contribution in [-0.2, 0) is 4.79 Å². The Balaban J connectivity index is 2.20. The van der Waals surface area contributed by atoms with Gasteiger partial charge in [0.25, 0.3) is 0 Å². The molecule has 0 aliphatic heterocycles. The second-order valence-electron chi connectivity index (χ2n) is 4.95. The third-order valence-electron chi connectivity index (χ3n) is 3.57. The first-order chi connectivity index (χ1) is 9.22. The summed E-state index contributed by atoms with van der Waals surface area (Å²) in [7, 11) is 0. The van der Waals surface area contributed by atoms with E-state index in [2.05, 4.69) is 5.32 Å². The van der Waals surface area contributed by atoms with Crippen LogP contribution >= 0.6 is 0 Å². The second kappa shape index (κ2) is 6.57. The van der Waals surface area contributed by atoms with Gasteiger partial charge in [0.05, 0.1) is 6.61 Å². The van der Waals surface area contributed by atoms with Gasteiger partial charge < -0.3 is 10.5 Å². The number of nitrogens with one attached hydrogen (secondary N) is 1. The molecule has 4 heteroatoms. The maximum atomic E-state index is 11.7. The molecular weight excluding hydrogens is 240 g/mol. The van der Waals surface area contributed by atoms with Gasteiger partial charge in [0.15, 0.2) is 0 Å². The number of nitrogens with two attached hydrogens (primary N) is 1. The van der Waals surface area contributed by atoms with Crippen molar-refractivity contribution in [2.24, 2.45) is 5.73 Å². The number of para-hydroxylation sites is 1. The zero-order valence-corrected chi connectivity index (χ0v) is 11.4. The Kier molecular flexibility index (Phi) is 4.80. The van der Waals surface area contributed by atoms with E-state index in [9.17, 15) is 4.79 Å². The zero-order chi connectivity index (χ0) is 13.7. The van der Waals surface area contributed by atoms with Crippen molar-refractivity contribution in [2.75, 3.05) is 6.61 Å². The molecule has 0 spiro atoms. The van der Waals surface area contributed by atoms with Crippen molar-refractivity contribution in [3.05, 3.63) is 29.8 Å². The summed E-state index contributed by atoms with van der Waals surface area (Å²) < 4.78 is 5.58. The molecule has 1 aliphatic carbocycles. The van der Waals surface area contributed by atoms with Crippen LogP contribution in [0.5, 0.6) is 5.75 Å². The van der Waals surface area contributed by atoms with E-state index in [1.54, 1.807) is 0 Å². The smallest absolute Gasteiger partial charge is 0.239 e. The van der Waals surface area contributed by atoms with E-state index in [4.69, 9.17) is 10.5 Å². The minimum atomic E-state index is -0.467. The Hall–Kier alpha value is -1.55. The van der Waals surface area contributed by atoms with Gasteiger partial charge in [0, 0.05) is 11.6 Å². The van der Waals surface area contributed by atoms with Crippen LogP contribution in [0.4, 0.5) is 0 Å². The van der Waals surface area contributed by atoms with E-state index in [0.29, 0.717) is 12.6 Å². The molecule has 1 saturated carbocycles. The maximum absolute atomic E-state index is 11.7. The molecule has 0 saturated heterocycles. The van der Waals surface area contributed by atoms with Gasteiger partial charge in [0.1, 0.15) is 11.8 Å². The molecule has 1 aromatic rings. The molecule has 0 bridgehead atoms. The summed E-state index contributed by atoms with van der Waals surface area (Å²) >= 11 is 0. The summed E-state index contributed by atoms with van der Waals surface area (Å²) in [4.78, 5) is 11.7. The minimum Gasteiger partial charge on any atom is -0.494 e. The number of hydrogen-bond donors (Lipinski definition) is 2. The molecule has 1 unspecified atom stereocenters. The van der Waals surface area contributed by atoms with E-state index >= 15 is 0 Å². The molecule has 3 N–H and O–H groups in total. The molecular formula is C15H22N2O2. The quantitative estimate of drug-likeness (QED) is 0.825. The SMILES string of the molecule is CCOc1ccccc1C(NC1CCCC1)C(N)=O. The average molecular weight is 262 g/mol. The summed E-state index contributed by atoms with van der Waals surface area (Å²) in [6, 6.07) is 7.51. The fourth-order valence-electron chi connectivity index (χ4n) is 2.66. The Morgan fingerprint density at radius 3 is 2.74 bits per heavy atom. The number of primary amides is 1. The summed E-state index contributed by atoms with van der Waals surface area (Å²) in [5.41, 5.74) is 6.39. The summed E-state index contributed by atoms with van der Waals surface area (Å²) in [5.74, 6) is 0.387. The average Bonchev–Trinajstić information content (AvgIpc) is 2.90. The lowest BCUT2D eigenvalue weighted by Gasteiger charge is -2.22. The molecule has 1 atom stereocenters. The van der Waals surface area contributed by atoms with E-state index in [1.807, 2.05) is 31.2 Å². The topological polar surface area (TPSA) is 64.3 Å². The highest BCUT2D eigenvalue weighted by molar-refractivity contribution is 5.82. The predicted octanol–water partition coefficient (Wildman–Crippen LogP) is 2.14. The van der Waals surface area contributed by atoms with Crippen LogP contribution in [0.1, 0.15) is 44.2 Å². The highest BCUT2D eigenvalue weighted by atomic mass is 16.5. The lowest BCUT2D eigenvalue weighted by Crippen LogP contribution is -2.39. The van der Waals surface area contributed by atoms with E-state index < -0.39 is 6.04 Å². The first kappa shape index (κ1) is 13.9. The molecule has 104 valence electrons. The first-order valence-corrected chi connectivity index (χ1v) is 6.99. The molecule has 1 amide bonds. The number of amides is 1. The van der Waals surface area contributed by atoms with Gasteiger partial charge in [-0.1, -0.05) is 31.0 Å². The lowest BCUT2D eigenvalue weighted by molar-refractivity contribution is -0.120. The van der Waals surface area contributed by atoms with Crippen molar-refractivity contribution >= 4 is 5.91 Å². The number of carbonyl (C=O) groups is 1. The molecule has 1 aliphatic rings. The van der Waals surface area contributed by atoms with Crippen LogP contribution in [0.15, 0.2) is 24.3 Å². The van der Waals surface area contributed by atoms with Crippen LogP contribution in [0.2, 0.25) is 0 Å². The van der Waals surface area contributed by atoms with Crippen molar-refractivity contribution in [2.45, 2.75) is 44.7 Å². The standard InChI is InChI=1S/C15H22N2O2/c1-2-19-13-10-6-5-9-12(13)14(15(16)18)17-11-7-3-4-8-11/h5-6,9-11,14,17H,2-4,7-8H2,1H3,(H2,16,18). The van der Waals surface area contributed by atoms with Gasteiger partial charge in [-0.25, -0.2) is 0 Å². The second-order valence-corrected chi connectivity index (χ2v) is 4.95.